The van der Waals surface area contributed by atoms with Crippen molar-refractivity contribution in [2.45, 2.75) is 20.4 Å². The van der Waals surface area contributed by atoms with Crippen molar-refractivity contribution >= 4 is 23.2 Å². The van der Waals surface area contributed by atoms with Crippen LogP contribution in [-0.2, 0) is 11.3 Å². The maximum atomic E-state index is 12.2. The standard InChI is InChI=1S/C17H16ClN5O/c1-11-7-8-15(12(2)9-11)19-16(24)10-23-21-17(20-22-23)13-5-3-4-6-14(13)18/h3-9H,10H2,1-2H3,(H,19,24). The fourth-order valence-corrected chi connectivity index (χ4v) is 2.55. The Morgan fingerprint density at radius 1 is 1.21 bits per heavy atom. The van der Waals surface area contributed by atoms with E-state index in [2.05, 4.69) is 20.7 Å². The molecule has 1 aromatic heterocycles. The van der Waals surface area contributed by atoms with Crippen LogP contribution in [0.2, 0.25) is 5.02 Å². The van der Waals surface area contributed by atoms with Gasteiger partial charge in [0.1, 0.15) is 6.54 Å². The molecule has 122 valence electrons. The predicted octanol–water partition coefficient (Wildman–Crippen LogP) is 3.25. The summed E-state index contributed by atoms with van der Waals surface area (Å²) in [6.07, 6.45) is 0. The van der Waals surface area contributed by atoms with Gasteiger partial charge < -0.3 is 5.32 Å². The van der Waals surface area contributed by atoms with E-state index >= 15 is 0 Å². The minimum Gasteiger partial charge on any atom is -0.324 e. The van der Waals surface area contributed by atoms with Crippen molar-refractivity contribution in [1.82, 2.24) is 20.2 Å². The van der Waals surface area contributed by atoms with Crippen LogP contribution >= 0.6 is 11.6 Å². The summed E-state index contributed by atoms with van der Waals surface area (Å²) in [5, 5.41) is 15.5. The van der Waals surface area contributed by atoms with Crippen LogP contribution in [0.4, 0.5) is 5.69 Å². The monoisotopic (exact) mass is 341 g/mol. The number of tetrazole rings is 1. The van der Waals surface area contributed by atoms with Gasteiger partial charge in [0.2, 0.25) is 11.7 Å². The molecule has 3 rings (SSSR count). The van der Waals surface area contributed by atoms with Gasteiger partial charge >= 0.3 is 0 Å². The first kappa shape index (κ1) is 16.1. The number of benzene rings is 2. The van der Waals surface area contributed by atoms with Crippen LogP contribution in [0, 0.1) is 13.8 Å². The number of anilines is 1. The van der Waals surface area contributed by atoms with Crippen LogP contribution in [0.5, 0.6) is 0 Å². The summed E-state index contributed by atoms with van der Waals surface area (Å²) in [5.41, 5.74) is 3.61. The smallest absolute Gasteiger partial charge is 0.248 e. The van der Waals surface area contributed by atoms with Crippen LogP contribution in [-0.4, -0.2) is 26.1 Å². The number of halogens is 1. The van der Waals surface area contributed by atoms with Gasteiger partial charge in [0, 0.05) is 11.3 Å². The Morgan fingerprint density at radius 3 is 2.75 bits per heavy atom. The Balaban J connectivity index is 1.70. The number of rotatable bonds is 4. The average molecular weight is 342 g/mol. The highest BCUT2D eigenvalue weighted by Crippen LogP contribution is 2.23. The highest BCUT2D eigenvalue weighted by Gasteiger charge is 2.12. The zero-order valence-electron chi connectivity index (χ0n) is 13.3. The first-order valence-electron chi connectivity index (χ1n) is 7.43. The van der Waals surface area contributed by atoms with Crippen LogP contribution in [0.1, 0.15) is 11.1 Å². The van der Waals surface area contributed by atoms with Crippen molar-refractivity contribution in [3.63, 3.8) is 0 Å². The number of hydrogen-bond donors (Lipinski definition) is 1. The lowest BCUT2D eigenvalue weighted by Crippen LogP contribution is -2.21. The summed E-state index contributed by atoms with van der Waals surface area (Å²) >= 11 is 6.11. The van der Waals surface area contributed by atoms with Gasteiger partial charge in [-0.1, -0.05) is 41.4 Å². The summed E-state index contributed by atoms with van der Waals surface area (Å²) in [6.45, 7) is 3.94. The molecule has 0 saturated heterocycles. The third kappa shape index (κ3) is 3.60. The number of nitrogens with zero attached hydrogens (tertiary/aromatic N) is 4. The van der Waals surface area contributed by atoms with Crippen LogP contribution in [0.3, 0.4) is 0 Å². The van der Waals surface area contributed by atoms with E-state index in [0.29, 0.717) is 16.4 Å². The number of aromatic nitrogens is 4. The predicted molar refractivity (Wildman–Crippen MR) is 92.8 cm³/mol. The molecule has 0 bridgehead atoms. The summed E-state index contributed by atoms with van der Waals surface area (Å²) in [5.74, 6) is 0.171. The van der Waals surface area contributed by atoms with Crippen molar-refractivity contribution in [2.24, 2.45) is 0 Å². The van der Waals surface area contributed by atoms with E-state index in [1.807, 2.05) is 44.2 Å². The van der Waals surface area contributed by atoms with Crippen molar-refractivity contribution < 1.29 is 4.79 Å². The molecule has 0 aliphatic heterocycles. The van der Waals surface area contributed by atoms with E-state index in [0.717, 1.165) is 16.8 Å². The van der Waals surface area contributed by atoms with Crippen LogP contribution < -0.4 is 5.32 Å². The lowest BCUT2D eigenvalue weighted by Gasteiger charge is -2.08. The zero-order chi connectivity index (χ0) is 17.1. The third-order valence-corrected chi connectivity index (χ3v) is 3.84. The number of carbonyl (C=O) groups excluding carboxylic acids is 1. The lowest BCUT2D eigenvalue weighted by molar-refractivity contribution is -0.117. The second-order valence-electron chi connectivity index (χ2n) is 5.49. The molecule has 6 nitrogen and oxygen atoms in total. The molecule has 7 heteroatoms. The normalized spacial score (nSPS) is 10.6. The molecule has 0 aliphatic rings. The van der Waals surface area contributed by atoms with Gasteiger partial charge in [0.25, 0.3) is 0 Å². The zero-order valence-corrected chi connectivity index (χ0v) is 14.1. The van der Waals surface area contributed by atoms with Crippen molar-refractivity contribution in [1.29, 1.82) is 0 Å². The molecule has 1 heterocycles. The topological polar surface area (TPSA) is 72.7 Å². The van der Waals surface area contributed by atoms with E-state index in [1.165, 1.54) is 4.80 Å². The SMILES string of the molecule is Cc1ccc(NC(=O)Cn2nnc(-c3ccccc3Cl)n2)c(C)c1. The molecule has 1 N–H and O–H groups in total. The molecule has 0 radical (unpaired) electrons. The van der Waals surface area contributed by atoms with Crippen LogP contribution in [0.15, 0.2) is 42.5 Å². The minimum absolute atomic E-state index is 0.0230. The van der Waals surface area contributed by atoms with Gasteiger partial charge in [-0.05, 0) is 42.8 Å². The fraction of sp³-hybridized carbons (Fsp3) is 0.176. The molecule has 0 fully saturated rings. The maximum Gasteiger partial charge on any atom is 0.248 e. The first-order valence-corrected chi connectivity index (χ1v) is 7.80. The quantitative estimate of drug-likeness (QED) is 0.790. The highest BCUT2D eigenvalue weighted by molar-refractivity contribution is 6.33. The molecular weight excluding hydrogens is 326 g/mol. The van der Waals surface area contributed by atoms with Gasteiger partial charge in [-0.15, -0.1) is 10.2 Å². The van der Waals surface area contributed by atoms with Gasteiger partial charge in [0.05, 0.1) is 5.02 Å². The summed E-state index contributed by atoms with van der Waals surface area (Å²) < 4.78 is 0. The molecule has 0 saturated carbocycles. The molecule has 24 heavy (non-hydrogen) atoms. The third-order valence-electron chi connectivity index (χ3n) is 3.51. The number of nitrogens with one attached hydrogen (secondary N) is 1. The van der Waals surface area contributed by atoms with Gasteiger partial charge in [-0.2, -0.15) is 4.80 Å². The van der Waals surface area contributed by atoms with Crippen molar-refractivity contribution in [2.75, 3.05) is 5.32 Å². The summed E-state index contributed by atoms with van der Waals surface area (Å²) in [4.78, 5) is 13.4. The number of hydrogen-bond acceptors (Lipinski definition) is 4. The van der Waals surface area contributed by atoms with Crippen molar-refractivity contribution in [3.8, 4) is 11.4 Å². The molecule has 0 atom stereocenters. The van der Waals surface area contributed by atoms with Gasteiger partial charge in [-0.25, -0.2) is 0 Å². The van der Waals surface area contributed by atoms with Gasteiger partial charge in [-0.3, -0.25) is 4.79 Å². The summed E-state index contributed by atoms with van der Waals surface area (Å²) in [7, 11) is 0. The Hall–Kier alpha value is -2.73. The molecule has 2 aromatic carbocycles. The lowest BCUT2D eigenvalue weighted by atomic mass is 10.1. The summed E-state index contributed by atoms with van der Waals surface area (Å²) in [6, 6.07) is 13.1. The molecule has 1 amide bonds. The van der Waals surface area contributed by atoms with E-state index in [4.69, 9.17) is 11.6 Å². The second kappa shape index (κ2) is 6.80. The van der Waals surface area contributed by atoms with Crippen LogP contribution in [0.25, 0.3) is 11.4 Å². The van der Waals surface area contributed by atoms with Crippen molar-refractivity contribution in [3.05, 3.63) is 58.6 Å². The second-order valence-corrected chi connectivity index (χ2v) is 5.90. The number of aryl methyl sites for hydroxylation is 2. The Morgan fingerprint density at radius 2 is 2.00 bits per heavy atom. The molecule has 0 unspecified atom stereocenters. The minimum atomic E-state index is -0.218. The van der Waals surface area contributed by atoms with E-state index in [9.17, 15) is 4.79 Å². The molecular formula is C17H16ClN5O. The van der Waals surface area contributed by atoms with Gasteiger partial charge in [0.15, 0.2) is 0 Å². The Bertz CT molecular complexity index is 890. The maximum absolute atomic E-state index is 12.2. The van der Waals surface area contributed by atoms with E-state index < -0.39 is 0 Å². The van der Waals surface area contributed by atoms with E-state index in [-0.39, 0.29) is 12.5 Å². The average Bonchev–Trinajstić information content (AvgIpc) is 2.99. The number of carbonyl (C=O) groups is 1. The van der Waals surface area contributed by atoms with E-state index in [1.54, 1.807) is 12.1 Å². The molecule has 0 aliphatic carbocycles. The first-order chi connectivity index (χ1) is 11.5. The Kier molecular flexibility index (Phi) is 4.57. The number of amides is 1. The molecule has 3 aromatic rings. The highest BCUT2D eigenvalue weighted by atomic mass is 35.5. The fourth-order valence-electron chi connectivity index (χ4n) is 2.33. The Labute approximate surface area is 144 Å². The molecule has 0 spiro atoms. The largest absolute Gasteiger partial charge is 0.324 e.